The van der Waals surface area contributed by atoms with E-state index in [2.05, 4.69) is 5.92 Å². The maximum absolute atomic E-state index is 15.0. The van der Waals surface area contributed by atoms with Crippen LogP contribution in [0.25, 0.3) is 0 Å². The summed E-state index contributed by atoms with van der Waals surface area (Å²) in [5, 5.41) is 0. The van der Waals surface area contributed by atoms with E-state index in [1.54, 1.807) is 29.2 Å². The number of alkyl halides is 3. The molecular weight excluding hydrogens is 542 g/mol. The molecule has 5 rings (SSSR count). The third kappa shape index (κ3) is 4.97. The number of terminal acetylenes is 1. The number of benzene rings is 3. The first-order valence-corrected chi connectivity index (χ1v) is 12.4. The fourth-order valence-electron chi connectivity index (χ4n) is 5.15. The average molecular weight is 566 g/mol. The number of piperazine rings is 1. The molecule has 2 amide bonds. The molecule has 210 valence electrons. The van der Waals surface area contributed by atoms with Crippen molar-refractivity contribution < 1.29 is 36.7 Å². The van der Waals surface area contributed by atoms with Gasteiger partial charge < -0.3 is 14.5 Å². The molecule has 2 heterocycles. The fourth-order valence-corrected chi connectivity index (χ4v) is 5.15. The van der Waals surface area contributed by atoms with E-state index >= 15 is 4.39 Å². The summed E-state index contributed by atoms with van der Waals surface area (Å²) in [6.45, 7) is -0.594. The van der Waals surface area contributed by atoms with E-state index in [9.17, 15) is 27.6 Å². The van der Waals surface area contributed by atoms with Gasteiger partial charge in [-0.3, -0.25) is 14.5 Å². The van der Waals surface area contributed by atoms with E-state index in [1.165, 1.54) is 36.3 Å². The summed E-state index contributed by atoms with van der Waals surface area (Å²) in [5.74, 6) is -0.0529. The van der Waals surface area contributed by atoms with Gasteiger partial charge in [0.25, 0.3) is 5.91 Å². The third-order valence-electron chi connectivity index (χ3n) is 7.32. The minimum atomic E-state index is -4.52. The Morgan fingerprint density at radius 1 is 1.05 bits per heavy atom. The van der Waals surface area contributed by atoms with Crippen LogP contribution < -0.4 is 9.80 Å². The SMILES string of the molecule is C#Cc1ccc(N2CC(=O)N(Cc3ccc(C(F)(F)F)cc3)C3(CN(c4cccc(C(=O)OC)c4)C3)C2=O)c(F)c1. The van der Waals surface area contributed by atoms with Gasteiger partial charge in [0.15, 0.2) is 5.54 Å². The molecule has 2 aliphatic rings. The molecule has 0 radical (unpaired) electrons. The van der Waals surface area contributed by atoms with Crippen LogP contribution in [0.5, 0.6) is 0 Å². The maximum atomic E-state index is 15.0. The molecule has 2 aliphatic heterocycles. The molecule has 0 saturated carbocycles. The molecule has 0 aliphatic carbocycles. The van der Waals surface area contributed by atoms with Crippen molar-refractivity contribution in [2.24, 2.45) is 0 Å². The number of halogens is 4. The number of ether oxygens (including phenoxy) is 1. The van der Waals surface area contributed by atoms with Gasteiger partial charge in [-0.25, -0.2) is 9.18 Å². The molecule has 7 nitrogen and oxygen atoms in total. The standard InChI is InChI=1S/C30H23F4N3O4/c1-3-19-9-12-25(24(31)13-19)36-16-26(38)37(15-20-7-10-22(11-8-20)30(32,33)34)29(28(36)40)17-35(18-29)23-6-4-5-21(14-23)27(39)41-2/h1,4-14H,15-18H2,2H3. The lowest BCUT2D eigenvalue weighted by Gasteiger charge is -2.58. The fraction of sp³-hybridized carbons (Fsp3) is 0.233. The van der Waals surface area contributed by atoms with Crippen molar-refractivity contribution >= 4 is 29.2 Å². The highest BCUT2D eigenvalue weighted by atomic mass is 19.4. The van der Waals surface area contributed by atoms with E-state index in [-0.39, 0.29) is 36.4 Å². The van der Waals surface area contributed by atoms with Gasteiger partial charge in [0.1, 0.15) is 12.4 Å². The van der Waals surface area contributed by atoms with Crippen molar-refractivity contribution in [2.45, 2.75) is 18.3 Å². The van der Waals surface area contributed by atoms with Crippen LogP contribution in [-0.2, 0) is 27.0 Å². The minimum Gasteiger partial charge on any atom is -0.465 e. The Labute approximate surface area is 232 Å². The molecule has 1 spiro atoms. The summed E-state index contributed by atoms with van der Waals surface area (Å²) in [6.07, 6.45) is 0.824. The number of hydrogen-bond acceptors (Lipinski definition) is 5. The third-order valence-corrected chi connectivity index (χ3v) is 7.32. The van der Waals surface area contributed by atoms with Crippen LogP contribution >= 0.6 is 0 Å². The van der Waals surface area contributed by atoms with Crippen LogP contribution in [-0.4, -0.2) is 55.0 Å². The predicted molar refractivity (Wildman–Crippen MR) is 141 cm³/mol. The Bertz CT molecular complexity index is 1570. The van der Waals surface area contributed by atoms with Crippen LogP contribution in [0.2, 0.25) is 0 Å². The number of esters is 1. The number of nitrogens with zero attached hydrogens (tertiary/aromatic N) is 3. The zero-order chi connectivity index (χ0) is 29.5. The number of amides is 2. The summed E-state index contributed by atoms with van der Waals surface area (Å²) in [6, 6.07) is 14.8. The van der Waals surface area contributed by atoms with Crippen molar-refractivity contribution in [3.63, 3.8) is 0 Å². The highest BCUT2D eigenvalue weighted by Gasteiger charge is 2.60. The topological polar surface area (TPSA) is 70.2 Å². The van der Waals surface area contributed by atoms with E-state index in [0.717, 1.165) is 23.1 Å². The highest BCUT2D eigenvalue weighted by Crippen LogP contribution is 2.40. The van der Waals surface area contributed by atoms with E-state index in [1.807, 2.05) is 0 Å². The molecule has 2 fully saturated rings. The second-order valence-corrected chi connectivity index (χ2v) is 9.81. The summed E-state index contributed by atoms with van der Waals surface area (Å²) < 4.78 is 59.0. The van der Waals surface area contributed by atoms with Gasteiger partial charge in [-0.2, -0.15) is 13.2 Å². The number of hydrogen-bond donors (Lipinski definition) is 0. The predicted octanol–water partition coefficient (Wildman–Crippen LogP) is 4.25. The largest absolute Gasteiger partial charge is 0.465 e. The van der Waals surface area contributed by atoms with E-state index in [0.29, 0.717) is 11.3 Å². The average Bonchev–Trinajstić information content (AvgIpc) is 2.93. The summed E-state index contributed by atoms with van der Waals surface area (Å²) >= 11 is 0. The van der Waals surface area contributed by atoms with Crippen molar-refractivity contribution in [3.05, 3.63) is 94.8 Å². The first kappa shape index (κ1) is 27.7. The number of anilines is 2. The molecule has 0 N–H and O–H groups in total. The van der Waals surface area contributed by atoms with Crippen LogP contribution in [0.4, 0.5) is 28.9 Å². The molecule has 2 saturated heterocycles. The molecule has 0 aromatic heterocycles. The second-order valence-electron chi connectivity index (χ2n) is 9.81. The Balaban J connectivity index is 1.49. The van der Waals surface area contributed by atoms with Gasteiger partial charge in [0, 0.05) is 17.8 Å². The second kappa shape index (κ2) is 10.3. The van der Waals surface area contributed by atoms with Gasteiger partial charge >= 0.3 is 12.1 Å². The Morgan fingerprint density at radius 2 is 1.76 bits per heavy atom. The first-order chi connectivity index (χ1) is 19.5. The Morgan fingerprint density at radius 3 is 2.37 bits per heavy atom. The number of rotatable bonds is 5. The Hall–Kier alpha value is -4.85. The van der Waals surface area contributed by atoms with E-state index in [4.69, 9.17) is 11.2 Å². The van der Waals surface area contributed by atoms with Gasteiger partial charge in [0.2, 0.25) is 5.91 Å². The van der Waals surface area contributed by atoms with Crippen molar-refractivity contribution in [3.8, 4) is 12.3 Å². The first-order valence-electron chi connectivity index (χ1n) is 12.4. The zero-order valence-corrected chi connectivity index (χ0v) is 21.7. The van der Waals surface area contributed by atoms with Gasteiger partial charge in [0.05, 0.1) is 37.0 Å². The minimum absolute atomic E-state index is 0.00337. The molecule has 3 aromatic carbocycles. The number of carbonyl (C=O) groups excluding carboxylic acids is 3. The van der Waals surface area contributed by atoms with Crippen LogP contribution in [0.15, 0.2) is 66.7 Å². The Kier molecular flexibility index (Phi) is 6.95. The molecule has 11 heteroatoms. The molecule has 41 heavy (non-hydrogen) atoms. The van der Waals surface area contributed by atoms with Crippen molar-refractivity contribution in [2.75, 3.05) is 36.5 Å². The monoisotopic (exact) mass is 565 g/mol. The lowest BCUT2D eigenvalue weighted by molar-refractivity contribution is -0.153. The number of carbonyl (C=O) groups is 3. The maximum Gasteiger partial charge on any atom is 0.416 e. The molecule has 0 unspecified atom stereocenters. The lowest BCUT2D eigenvalue weighted by Crippen LogP contribution is -2.81. The molecule has 0 atom stereocenters. The molecular formula is C30H23F4N3O4. The van der Waals surface area contributed by atoms with Crippen LogP contribution in [0.3, 0.4) is 0 Å². The summed E-state index contributed by atoms with van der Waals surface area (Å²) in [4.78, 5) is 43.8. The smallest absolute Gasteiger partial charge is 0.416 e. The van der Waals surface area contributed by atoms with Crippen molar-refractivity contribution in [1.82, 2.24) is 4.90 Å². The number of methoxy groups -OCH3 is 1. The quantitative estimate of drug-likeness (QED) is 0.263. The van der Waals surface area contributed by atoms with Crippen molar-refractivity contribution in [1.29, 1.82) is 0 Å². The van der Waals surface area contributed by atoms with Crippen LogP contribution in [0, 0.1) is 18.2 Å². The van der Waals surface area contributed by atoms with Gasteiger partial charge in [-0.05, 0) is 54.1 Å². The summed E-state index contributed by atoms with van der Waals surface area (Å²) in [5.41, 5.74) is -0.859. The molecule has 0 bridgehead atoms. The zero-order valence-electron chi connectivity index (χ0n) is 21.7. The van der Waals surface area contributed by atoms with E-state index < -0.39 is 47.4 Å². The normalized spacial score (nSPS) is 16.4. The summed E-state index contributed by atoms with van der Waals surface area (Å²) in [7, 11) is 1.25. The molecule has 3 aromatic rings. The highest BCUT2D eigenvalue weighted by molar-refractivity contribution is 6.11. The van der Waals surface area contributed by atoms with Crippen LogP contribution in [0.1, 0.15) is 27.0 Å². The van der Waals surface area contributed by atoms with Gasteiger partial charge in [-0.15, -0.1) is 6.42 Å². The van der Waals surface area contributed by atoms with Gasteiger partial charge in [-0.1, -0.05) is 24.1 Å². The lowest BCUT2D eigenvalue weighted by atomic mass is 9.82.